The molecule has 2 aliphatic rings. The number of hydrogen-bond donors (Lipinski definition) is 0. The van der Waals surface area contributed by atoms with E-state index in [0.29, 0.717) is 29.0 Å². The summed E-state index contributed by atoms with van der Waals surface area (Å²) in [5.74, 6) is 2.96. The molecule has 0 spiro atoms. The minimum absolute atomic E-state index is 0.0254. The highest BCUT2D eigenvalue weighted by Gasteiger charge is 2.29. The molecule has 5 rings (SSSR count). The van der Waals surface area contributed by atoms with Crippen LogP contribution in [0.2, 0.25) is 0 Å². The number of hydrogen-bond acceptors (Lipinski definition) is 7. The highest BCUT2D eigenvalue weighted by Crippen LogP contribution is 2.39. The smallest absolute Gasteiger partial charge is 0.231 e. The highest BCUT2D eigenvalue weighted by molar-refractivity contribution is 7.99. The first-order valence-electron chi connectivity index (χ1n) is 10.6. The summed E-state index contributed by atoms with van der Waals surface area (Å²) >= 11 is 1.44. The van der Waals surface area contributed by atoms with Gasteiger partial charge < -0.3 is 9.47 Å². The zero-order chi connectivity index (χ0) is 21.2. The largest absolute Gasteiger partial charge is 0.454 e. The highest BCUT2D eigenvalue weighted by atomic mass is 32.2. The van der Waals surface area contributed by atoms with E-state index in [4.69, 9.17) is 9.47 Å². The number of carbonyl (C=O) groups excluding carboxylic acids is 1. The van der Waals surface area contributed by atoms with Gasteiger partial charge in [0.05, 0.1) is 5.75 Å². The molecule has 8 heteroatoms. The van der Waals surface area contributed by atoms with Gasteiger partial charge >= 0.3 is 0 Å². The SMILES string of the molecule is C[C@@H]1CCCC[C@@H]1n1c(SCC(=O)c2ccc3c(c2)OCO3)nnc1-c1cccnc1. The number of carbonyl (C=O) groups is 1. The molecule has 1 aliphatic heterocycles. The third-order valence-electron chi connectivity index (χ3n) is 6.01. The zero-order valence-electron chi connectivity index (χ0n) is 17.4. The molecule has 3 heterocycles. The quantitative estimate of drug-likeness (QED) is 0.406. The summed E-state index contributed by atoms with van der Waals surface area (Å²) in [6, 6.07) is 9.56. The van der Waals surface area contributed by atoms with Gasteiger partial charge in [-0.2, -0.15) is 0 Å². The van der Waals surface area contributed by atoms with E-state index in [1.165, 1.54) is 31.0 Å². The number of rotatable bonds is 6. The number of ether oxygens (including phenoxy) is 2. The molecule has 7 nitrogen and oxygen atoms in total. The van der Waals surface area contributed by atoms with Crippen LogP contribution in [0.3, 0.4) is 0 Å². The fraction of sp³-hybridized carbons (Fsp3) is 0.391. The van der Waals surface area contributed by atoms with Gasteiger partial charge in [0.25, 0.3) is 0 Å². The van der Waals surface area contributed by atoms with Gasteiger partial charge in [0.2, 0.25) is 6.79 Å². The number of pyridine rings is 1. The lowest BCUT2D eigenvalue weighted by atomic mass is 9.85. The van der Waals surface area contributed by atoms with Crippen molar-refractivity contribution in [2.45, 2.75) is 43.8 Å². The van der Waals surface area contributed by atoms with Gasteiger partial charge in [-0.3, -0.25) is 14.3 Å². The van der Waals surface area contributed by atoms with Crippen molar-refractivity contribution in [1.82, 2.24) is 19.7 Å². The number of Topliss-reactive ketones (excluding diaryl/α,β-unsaturated/α-hetero) is 1. The summed E-state index contributed by atoms with van der Waals surface area (Å²) in [5, 5.41) is 9.76. The maximum absolute atomic E-state index is 12.9. The maximum Gasteiger partial charge on any atom is 0.231 e. The first-order chi connectivity index (χ1) is 15.2. The summed E-state index contributed by atoms with van der Waals surface area (Å²) in [7, 11) is 0. The summed E-state index contributed by atoms with van der Waals surface area (Å²) in [5.41, 5.74) is 1.56. The van der Waals surface area contributed by atoms with Gasteiger partial charge in [0.1, 0.15) is 0 Å². The molecule has 160 valence electrons. The molecule has 0 N–H and O–H groups in total. The minimum atomic E-state index is 0.0254. The Balaban J connectivity index is 1.41. The van der Waals surface area contributed by atoms with Crippen LogP contribution >= 0.6 is 11.8 Å². The predicted molar refractivity (Wildman–Crippen MR) is 118 cm³/mol. The second kappa shape index (κ2) is 8.70. The van der Waals surface area contributed by atoms with Crippen molar-refractivity contribution in [3.8, 4) is 22.9 Å². The van der Waals surface area contributed by atoms with E-state index in [-0.39, 0.29) is 18.3 Å². The molecule has 1 aromatic carbocycles. The number of aromatic nitrogens is 4. The van der Waals surface area contributed by atoms with E-state index in [1.54, 1.807) is 24.4 Å². The van der Waals surface area contributed by atoms with Crippen LogP contribution in [0.1, 0.15) is 49.0 Å². The van der Waals surface area contributed by atoms with Gasteiger partial charge in [-0.25, -0.2) is 0 Å². The average molecular weight is 437 g/mol. The molecular formula is C23H24N4O3S. The molecule has 0 amide bonds. The van der Waals surface area contributed by atoms with Gasteiger partial charge in [-0.1, -0.05) is 31.5 Å². The third kappa shape index (κ3) is 4.04. The van der Waals surface area contributed by atoms with Crippen LogP contribution in [-0.2, 0) is 0 Å². The van der Waals surface area contributed by atoms with Crippen molar-refractivity contribution in [3.05, 3.63) is 48.3 Å². The molecule has 1 fully saturated rings. The normalized spacial score (nSPS) is 20.0. The van der Waals surface area contributed by atoms with E-state index in [2.05, 4.69) is 26.7 Å². The molecule has 0 bridgehead atoms. The van der Waals surface area contributed by atoms with Gasteiger partial charge in [-0.05, 0) is 49.1 Å². The molecule has 2 atom stereocenters. The Morgan fingerprint density at radius 2 is 2.03 bits per heavy atom. The van der Waals surface area contributed by atoms with Crippen LogP contribution in [0, 0.1) is 5.92 Å². The number of benzene rings is 1. The Hall–Kier alpha value is -2.87. The molecule has 3 aromatic rings. The molecule has 0 saturated heterocycles. The lowest BCUT2D eigenvalue weighted by Crippen LogP contribution is -2.22. The Morgan fingerprint density at radius 3 is 2.87 bits per heavy atom. The van der Waals surface area contributed by atoms with Crippen LogP contribution in [0.25, 0.3) is 11.4 Å². The zero-order valence-corrected chi connectivity index (χ0v) is 18.2. The molecule has 0 radical (unpaired) electrons. The topological polar surface area (TPSA) is 79.1 Å². The Morgan fingerprint density at radius 1 is 1.16 bits per heavy atom. The molecule has 0 unspecified atom stereocenters. The van der Waals surface area contributed by atoms with E-state index in [0.717, 1.165) is 23.0 Å². The first kappa shape index (κ1) is 20.1. The van der Waals surface area contributed by atoms with Crippen LogP contribution in [-0.4, -0.2) is 38.1 Å². The predicted octanol–water partition coefficient (Wildman–Crippen LogP) is 4.80. The van der Waals surface area contributed by atoms with Crippen molar-refractivity contribution in [1.29, 1.82) is 0 Å². The number of nitrogens with zero attached hydrogens (tertiary/aromatic N) is 4. The van der Waals surface area contributed by atoms with E-state index >= 15 is 0 Å². The number of fused-ring (bicyclic) bond motifs is 1. The van der Waals surface area contributed by atoms with Gasteiger partial charge in [0, 0.05) is 29.6 Å². The number of ketones is 1. The molecule has 1 saturated carbocycles. The lowest BCUT2D eigenvalue weighted by molar-refractivity contribution is 0.102. The summed E-state index contributed by atoms with van der Waals surface area (Å²) in [6.45, 7) is 2.49. The van der Waals surface area contributed by atoms with E-state index < -0.39 is 0 Å². The summed E-state index contributed by atoms with van der Waals surface area (Å²) in [6.07, 6.45) is 8.31. The fourth-order valence-corrected chi connectivity index (χ4v) is 5.22. The van der Waals surface area contributed by atoms with Crippen molar-refractivity contribution in [3.63, 3.8) is 0 Å². The maximum atomic E-state index is 12.9. The van der Waals surface area contributed by atoms with E-state index in [1.807, 2.05) is 18.3 Å². The van der Waals surface area contributed by atoms with Crippen LogP contribution in [0.15, 0.2) is 47.9 Å². The summed E-state index contributed by atoms with van der Waals surface area (Å²) < 4.78 is 13.0. The second-order valence-corrected chi connectivity index (χ2v) is 8.97. The van der Waals surface area contributed by atoms with Crippen molar-refractivity contribution >= 4 is 17.5 Å². The molecule has 1 aliphatic carbocycles. The number of thioether (sulfide) groups is 1. The Labute approximate surface area is 185 Å². The molecule has 31 heavy (non-hydrogen) atoms. The second-order valence-electron chi connectivity index (χ2n) is 8.03. The van der Waals surface area contributed by atoms with Crippen LogP contribution in [0.4, 0.5) is 0 Å². The average Bonchev–Trinajstić information content (AvgIpc) is 3.45. The monoisotopic (exact) mass is 436 g/mol. The standard InChI is InChI=1S/C23H24N4O3S/c1-15-5-2-3-7-18(15)27-22(17-6-4-10-24-12-17)25-26-23(27)31-13-19(28)16-8-9-20-21(11-16)30-14-29-20/h4,6,8-12,15,18H,2-3,5,7,13-14H2,1H3/t15-,18+/m1/s1. The van der Waals surface area contributed by atoms with Crippen molar-refractivity contribution in [2.24, 2.45) is 5.92 Å². The Kier molecular flexibility index (Phi) is 5.63. The van der Waals surface area contributed by atoms with E-state index in [9.17, 15) is 4.79 Å². The lowest BCUT2D eigenvalue weighted by Gasteiger charge is -2.31. The fourth-order valence-electron chi connectivity index (χ4n) is 4.33. The minimum Gasteiger partial charge on any atom is -0.454 e. The first-order valence-corrected chi connectivity index (χ1v) is 11.6. The molecule has 2 aromatic heterocycles. The van der Waals surface area contributed by atoms with Gasteiger partial charge in [-0.15, -0.1) is 10.2 Å². The van der Waals surface area contributed by atoms with Crippen molar-refractivity contribution in [2.75, 3.05) is 12.5 Å². The van der Waals surface area contributed by atoms with Crippen LogP contribution < -0.4 is 9.47 Å². The van der Waals surface area contributed by atoms with Gasteiger partial charge in [0.15, 0.2) is 28.3 Å². The third-order valence-corrected chi connectivity index (χ3v) is 6.95. The molecular weight excluding hydrogens is 412 g/mol. The van der Waals surface area contributed by atoms with Crippen molar-refractivity contribution < 1.29 is 14.3 Å². The summed E-state index contributed by atoms with van der Waals surface area (Å²) in [4.78, 5) is 17.1. The Bertz CT molecular complexity index is 1090. The van der Waals surface area contributed by atoms with Crippen LogP contribution in [0.5, 0.6) is 11.5 Å².